The van der Waals surface area contributed by atoms with Gasteiger partial charge in [-0.15, -0.1) is 0 Å². The smallest absolute Gasteiger partial charge is 0.306 e. The van der Waals surface area contributed by atoms with E-state index in [0.717, 1.165) is 72.0 Å². The highest BCUT2D eigenvalue weighted by Crippen LogP contribution is 2.27. The van der Waals surface area contributed by atoms with Gasteiger partial charge in [0, 0.05) is 10.9 Å². The summed E-state index contributed by atoms with van der Waals surface area (Å²) in [5.41, 5.74) is 3.24. The molecule has 1 N–H and O–H groups in total. The van der Waals surface area contributed by atoms with Crippen molar-refractivity contribution in [3.8, 4) is 11.5 Å². The number of benzene rings is 2. The molecule has 0 saturated carbocycles. The first-order valence-corrected chi connectivity index (χ1v) is 14.8. The maximum Gasteiger partial charge on any atom is 0.306 e. The highest BCUT2D eigenvalue weighted by atomic mass is 79.9. The molecule has 2 aromatic carbocycles. The minimum absolute atomic E-state index is 0.00240. The van der Waals surface area contributed by atoms with Gasteiger partial charge in [0.25, 0.3) is 6.47 Å². The first-order valence-electron chi connectivity index (χ1n) is 14.0. The summed E-state index contributed by atoms with van der Waals surface area (Å²) in [7, 11) is 0. The van der Waals surface area contributed by atoms with Crippen LogP contribution in [0.15, 0.2) is 40.9 Å². The normalized spacial score (nSPS) is 10.3. The summed E-state index contributed by atoms with van der Waals surface area (Å²) in [4.78, 5) is 21.1. The van der Waals surface area contributed by atoms with Crippen LogP contribution in [0.4, 0.5) is 0 Å². The van der Waals surface area contributed by atoms with Crippen molar-refractivity contribution in [1.82, 2.24) is 0 Å². The first kappa shape index (κ1) is 34.4. The van der Waals surface area contributed by atoms with Gasteiger partial charge >= 0.3 is 5.97 Å². The molecule has 2 rings (SSSR count). The lowest BCUT2D eigenvalue weighted by atomic mass is 9.96. The van der Waals surface area contributed by atoms with Crippen molar-refractivity contribution < 1.29 is 33.6 Å². The SMILES string of the molecule is CCCCOc1cccc(CCCCCCOc2cc(Br)cc(CO)c2)c1CCC(=O)OCC.CCOC=O. The Hall–Kier alpha value is -2.58. The number of esters is 1. The third-order valence-corrected chi connectivity index (χ3v) is 6.29. The molecule has 0 radical (unpaired) electrons. The number of aliphatic hydroxyl groups excluding tert-OH is 1. The van der Waals surface area contributed by atoms with Gasteiger partial charge in [-0.1, -0.05) is 54.2 Å². The molecule has 0 fully saturated rings. The summed E-state index contributed by atoms with van der Waals surface area (Å²) in [5.74, 6) is 1.53. The lowest BCUT2D eigenvalue weighted by molar-refractivity contribution is -0.143. The van der Waals surface area contributed by atoms with Crippen molar-refractivity contribution in [1.29, 1.82) is 0 Å². The minimum Gasteiger partial charge on any atom is -0.494 e. The van der Waals surface area contributed by atoms with Gasteiger partial charge in [0.15, 0.2) is 0 Å². The van der Waals surface area contributed by atoms with Gasteiger partial charge < -0.3 is 24.1 Å². The van der Waals surface area contributed by atoms with Gasteiger partial charge in [-0.2, -0.15) is 0 Å². The molecule has 0 atom stereocenters. The lowest BCUT2D eigenvalue weighted by Crippen LogP contribution is -2.08. The zero-order valence-electron chi connectivity index (χ0n) is 23.7. The molecule has 0 aliphatic rings. The Kier molecular flexibility index (Phi) is 19.7. The monoisotopic (exact) mass is 608 g/mol. The largest absolute Gasteiger partial charge is 0.494 e. The van der Waals surface area contributed by atoms with E-state index in [1.807, 2.05) is 31.2 Å². The molecule has 0 bridgehead atoms. The van der Waals surface area contributed by atoms with Crippen LogP contribution in [0.3, 0.4) is 0 Å². The van der Waals surface area contributed by atoms with Crippen LogP contribution in [0.5, 0.6) is 11.5 Å². The fourth-order valence-corrected chi connectivity index (χ4v) is 4.40. The van der Waals surface area contributed by atoms with Gasteiger partial charge in [0.1, 0.15) is 11.5 Å². The zero-order valence-corrected chi connectivity index (χ0v) is 25.3. The van der Waals surface area contributed by atoms with Crippen LogP contribution in [0, 0.1) is 0 Å². The lowest BCUT2D eigenvalue weighted by Gasteiger charge is -2.16. The van der Waals surface area contributed by atoms with Crippen LogP contribution in [-0.4, -0.2) is 44.0 Å². The maximum absolute atomic E-state index is 11.9. The molecule has 2 aromatic rings. The fraction of sp³-hybridized carbons (Fsp3) is 0.548. The molecule has 0 heterocycles. The van der Waals surface area contributed by atoms with Crippen molar-refractivity contribution in [3.05, 3.63) is 57.6 Å². The number of unbranched alkanes of at least 4 members (excludes halogenated alkanes) is 4. The Labute approximate surface area is 242 Å². The summed E-state index contributed by atoms with van der Waals surface area (Å²) in [6, 6.07) is 11.9. The third kappa shape index (κ3) is 15.6. The quantitative estimate of drug-likeness (QED) is 0.104. The van der Waals surface area contributed by atoms with Gasteiger partial charge in [0.05, 0.1) is 33.0 Å². The molecular weight excluding hydrogens is 564 g/mol. The average molecular weight is 610 g/mol. The summed E-state index contributed by atoms with van der Waals surface area (Å²) in [6.07, 6.45) is 8.36. The molecule has 0 aliphatic carbocycles. The van der Waals surface area contributed by atoms with Crippen LogP contribution in [-0.2, 0) is 38.5 Å². The standard InChI is InChI=1S/C28H39BrO5.C3H6O2/c1-3-5-16-34-27-13-10-12-23(26(27)14-15-28(31)32-4-2)11-8-6-7-9-17-33-25-19-22(21-30)18-24(29)20-25;1-2-5-3-4/h10,12-13,18-20,30H,3-9,11,14-17,21H2,1-2H3;3H,2H2,1H3. The Bertz CT molecular complexity index is 949. The molecule has 8 heteroatoms. The average Bonchev–Trinajstić information content (AvgIpc) is 2.92. The summed E-state index contributed by atoms with van der Waals surface area (Å²) in [6.45, 7) is 8.42. The Morgan fingerprint density at radius 2 is 1.69 bits per heavy atom. The van der Waals surface area contributed by atoms with E-state index in [9.17, 15) is 14.7 Å². The molecule has 7 nitrogen and oxygen atoms in total. The van der Waals surface area contributed by atoms with E-state index in [2.05, 4.69) is 39.7 Å². The topological polar surface area (TPSA) is 91.3 Å². The van der Waals surface area contributed by atoms with Crippen LogP contribution in [0.25, 0.3) is 0 Å². The van der Waals surface area contributed by atoms with Gasteiger partial charge in [0.2, 0.25) is 0 Å². The zero-order chi connectivity index (χ0) is 28.7. The highest BCUT2D eigenvalue weighted by Gasteiger charge is 2.12. The molecule has 0 saturated heterocycles. The van der Waals surface area contributed by atoms with E-state index in [1.54, 1.807) is 6.92 Å². The molecule has 0 spiro atoms. The number of hydrogen-bond donors (Lipinski definition) is 1. The van der Waals surface area contributed by atoms with Gasteiger partial charge in [-0.05, 0) is 86.9 Å². The Morgan fingerprint density at radius 1 is 0.923 bits per heavy atom. The number of ether oxygens (including phenoxy) is 4. The van der Waals surface area contributed by atoms with E-state index in [0.29, 0.717) is 45.7 Å². The third-order valence-electron chi connectivity index (χ3n) is 5.83. The first-order chi connectivity index (χ1) is 19.0. The molecular formula is C31H45BrO7. The van der Waals surface area contributed by atoms with E-state index >= 15 is 0 Å². The van der Waals surface area contributed by atoms with Crippen LogP contribution in [0.2, 0.25) is 0 Å². The van der Waals surface area contributed by atoms with Crippen molar-refractivity contribution in [2.75, 3.05) is 26.4 Å². The van der Waals surface area contributed by atoms with Gasteiger partial charge in [-0.3, -0.25) is 9.59 Å². The Balaban J connectivity index is 0.00000139. The highest BCUT2D eigenvalue weighted by molar-refractivity contribution is 9.10. The second-order valence-corrected chi connectivity index (χ2v) is 9.83. The number of rotatable bonds is 19. The van der Waals surface area contributed by atoms with Crippen LogP contribution < -0.4 is 9.47 Å². The van der Waals surface area contributed by atoms with Crippen molar-refractivity contribution in [2.45, 2.75) is 85.2 Å². The van der Waals surface area contributed by atoms with Crippen molar-refractivity contribution in [3.63, 3.8) is 0 Å². The minimum atomic E-state index is -0.159. The summed E-state index contributed by atoms with van der Waals surface area (Å²) in [5, 5.41) is 9.32. The summed E-state index contributed by atoms with van der Waals surface area (Å²) >= 11 is 3.45. The number of hydrogen-bond acceptors (Lipinski definition) is 7. The molecule has 0 aliphatic heterocycles. The van der Waals surface area contributed by atoms with Crippen molar-refractivity contribution in [2.24, 2.45) is 0 Å². The maximum atomic E-state index is 11.9. The number of carbonyl (C=O) groups excluding carboxylic acids is 2. The van der Waals surface area contributed by atoms with Crippen LogP contribution in [0.1, 0.15) is 82.4 Å². The summed E-state index contributed by atoms with van der Waals surface area (Å²) < 4.78 is 22.1. The second-order valence-electron chi connectivity index (χ2n) is 8.92. The predicted molar refractivity (Wildman–Crippen MR) is 157 cm³/mol. The molecule has 218 valence electrons. The van der Waals surface area contributed by atoms with E-state index in [4.69, 9.17) is 14.2 Å². The van der Waals surface area contributed by atoms with Crippen molar-refractivity contribution >= 4 is 28.4 Å². The van der Waals surface area contributed by atoms with Crippen LogP contribution >= 0.6 is 15.9 Å². The number of halogens is 1. The Morgan fingerprint density at radius 3 is 2.36 bits per heavy atom. The predicted octanol–water partition coefficient (Wildman–Crippen LogP) is 6.98. The molecule has 39 heavy (non-hydrogen) atoms. The number of carbonyl (C=O) groups is 2. The number of aryl methyl sites for hydroxylation is 1. The van der Waals surface area contributed by atoms with Gasteiger partial charge in [-0.25, -0.2) is 0 Å². The molecule has 0 amide bonds. The fourth-order valence-electron chi connectivity index (χ4n) is 3.88. The second kappa shape index (κ2) is 22.3. The number of aliphatic hydroxyl groups is 1. The van der Waals surface area contributed by atoms with E-state index in [-0.39, 0.29) is 12.6 Å². The van der Waals surface area contributed by atoms with E-state index in [1.165, 1.54) is 5.56 Å². The molecule has 0 unspecified atom stereocenters. The molecule has 0 aromatic heterocycles. The van der Waals surface area contributed by atoms with E-state index < -0.39 is 0 Å².